The van der Waals surface area contributed by atoms with Gasteiger partial charge in [-0.3, -0.25) is 0 Å². The van der Waals surface area contributed by atoms with Crippen LogP contribution in [0.5, 0.6) is 5.75 Å². The van der Waals surface area contributed by atoms with Gasteiger partial charge in [-0.1, -0.05) is 17.7 Å². The summed E-state index contributed by atoms with van der Waals surface area (Å²) in [5.41, 5.74) is 2.96. The molecule has 0 radical (unpaired) electrons. The van der Waals surface area contributed by atoms with Crippen LogP contribution in [-0.2, 0) is 0 Å². The van der Waals surface area contributed by atoms with Crippen molar-refractivity contribution in [2.24, 2.45) is 0 Å². The maximum Gasteiger partial charge on any atom is 0.319 e. The van der Waals surface area contributed by atoms with E-state index in [-0.39, 0.29) is 6.03 Å². The maximum atomic E-state index is 11.8. The average Bonchev–Trinajstić information content (AvgIpc) is 2.56. The van der Waals surface area contributed by atoms with Gasteiger partial charge in [-0.25, -0.2) is 4.79 Å². The molecule has 2 aromatic carbocycles. The lowest BCUT2D eigenvalue weighted by molar-refractivity contribution is 0.247. The highest BCUT2D eigenvalue weighted by molar-refractivity contribution is 6.32. The lowest BCUT2D eigenvalue weighted by Crippen LogP contribution is -2.32. The first-order valence-corrected chi connectivity index (χ1v) is 7.82. The van der Waals surface area contributed by atoms with E-state index in [4.69, 9.17) is 21.6 Å². The molecule has 2 amide bonds. The minimum atomic E-state index is -0.350. The van der Waals surface area contributed by atoms with Crippen molar-refractivity contribution in [1.82, 2.24) is 5.32 Å². The lowest BCUT2D eigenvalue weighted by Gasteiger charge is -2.11. The summed E-state index contributed by atoms with van der Waals surface area (Å²) >= 11 is 6.11. The Morgan fingerprint density at radius 1 is 1.25 bits per heavy atom. The molecule has 5 nitrogen and oxygen atoms in total. The minimum Gasteiger partial charge on any atom is -0.492 e. The highest BCUT2D eigenvalue weighted by atomic mass is 35.5. The summed E-state index contributed by atoms with van der Waals surface area (Å²) in [4.78, 5) is 11.8. The summed E-state index contributed by atoms with van der Waals surface area (Å²) in [6.45, 7) is 4.53. The number of rotatable bonds is 5. The van der Waals surface area contributed by atoms with E-state index < -0.39 is 0 Å². The van der Waals surface area contributed by atoms with Crippen LogP contribution < -0.4 is 15.4 Å². The van der Waals surface area contributed by atoms with Crippen molar-refractivity contribution in [3.63, 3.8) is 0 Å². The first kappa shape index (κ1) is 17.6. The summed E-state index contributed by atoms with van der Waals surface area (Å²) in [5.74, 6) is 0.721. The Balaban J connectivity index is 1.78. The molecule has 0 bridgehead atoms. The third-order valence-corrected chi connectivity index (χ3v) is 3.91. The number of halogens is 1. The van der Waals surface area contributed by atoms with Crippen molar-refractivity contribution in [2.75, 3.05) is 18.5 Å². The summed E-state index contributed by atoms with van der Waals surface area (Å²) in [7, 11) is 0. The van der Waals surface area contributed by atoms with Crippen LogP contribution >= 0.6 is 11.6 Å². The number of anilines is 1. The number of nitrogens with zero attached hydrogens (tertiary/aromatic N) is 1. The molecule has 0 spiro atoms. The molecule has 2 rings (SSSR count). The number of aryl methyl sites for hydroxylation is 2. The van der Waals surface area contributed by atoms with E-state index in [1.807, 2.05) is 32.0 Å². The van der Waals surface area contributed by atoms with Gasteiger partial charge in [-0.05, 0) is 55.3 Å². The first-order valence-electron chi connectivity index (χ1n) is 7.44. The summed E-state index contributed by atoms with van der Waals surface area (Å²) in [5, 5.41) is 14.9. The zero-order valence-corrected chi connectivity index (χ0v) is 14.3. The molecule has 0 aliphatic rings. The van der Waals surface area contributed by atoms with E-state index >= 15 is 0 Å². The van der Waals surface area contributed by atoms with Crippen LogP contribution in [0.15, 0.2) is 36.4 Å². The Kier molecular flexibility index (Phi) is 6.05. The van der Waals surface area contributed by atoms with Crippen molar-refractivity contribution in [3.05, 3.63) is 58.1 Å². The van der Waals surface area contributed by atoms with Crippen LogP contribution in [0.2, 0.25) is 5.02 Å². The molecule has 0 aromatic heterocycles. The fourth-order valence-corrected chi connectivity index (χ4v) is 2.27. The van der Waals surface area contributed by atoms with Gasteiger partial charge in [0.15, 0.2) is 0 Å². The van der Waals surface area contributed by atoms with E-state index in [0.29, 0.717) is 24.4 Å². The van der Waals surface area contributed by atoms with Gasteiger partial charge in [-0.2, -0.15) is 5.26 Å². The van der Waals surface area contributed by atoms with Crippen molar-refractivity contribution in [3.8, 4) is 11.8 Å². The van der Waals surface area contributed by atoms with Gasteiger partial charge in [0.1, 0.15) is 12.4 Å². The van der Waals surface area contributed by atoms with Crippen LogP contribution in [0.1, 0.15) is 16.7 Å². The molecule has 2 aromatic rings. The van der Waals surface area contributed by atoms with Crippen LogP contribution in [0.25, 0.3) is 0 Å². The SMILES string of the molecule is Cc1cc(OCCNC(=O)Nc2cccc(C#N)c2)cc(C)c1Cl. The Morgan fingerprint density at radius 3 is 2.62 bits per heavy atom. The van der Waals surface area contributed by atoms with Gasteiger partial charge in [-0.15, -0.1) is 0 Å². The third kappa shape index (κ3) is 4.90. The molecule has 0 heterocycles. The molecular weight excluding hydrogens is 326 g/mol. The average molecular weight is 344 g/mol. The van der Waals surface area contributed by atoms with Crippen molar-refractivity contribution >= 4 is 23.3 Å². The normalized spacial score (nSPS) is 9.92. The molecule has 0 saturated heterocycles. The summed E-state index contributed by atoms with van der Waals surface area (Å²) < 4.78 is 5.62. The lowest BCUT2D eigenvalue weighted by atomic mass is 10.1. The standard InChI is InChI=1S/C18H18ClN3O2/c1-12-8-16(9-13(2)17(12)19)24-7-6-21-18(23)22-15-5-3-4-14(10-15)11-20/h3-5,8-10H,6-7H2,1-2H3,(H2,21,22,23). The van der Waals surface area contributed by atoms with Gasteiger partial charge in [0, 0.05) is 10.7 Å². The number of hydrogen-bond donors (Lipinski definition) is 2. The van der Waals surface area contributed by atoms with E-state index in [9.17, 15) is 4.79 Å². The highest BCUT2D eigenvalue weighted by Gasteiger charge is 2.05. The summed E-state index contributed by atoms with van der Waals surface area (Å²) in [6.07, 6.45) is 0. The molecule has 0 atom stereocenters. The predicted octanol–water partition coefficient (Wildman–Crippen LogP) is 4.03. The molecule has 124 valence electrons. The first-order chi connectivity index (χ1) is 11.5. The molecule has 0 unspecified atom stereocenters. The van der Waals surface area contributed by atoms with Crippen LogP contribution in [-0.4, -0.2) is 19.2 Å². The molecular formula is C18H18ClN3O2. The highest BCUT2D eigenvalue weighted by Crippen LogP contribution is 2.25. The van der Waals surface area contributed by atoms with E-state index in [1.54, 1.807) is 24.3 Å². The molecule has 0 aliphatic heterocycles. The Labute approximate surface area is 146 Å². The predicted molar refractivity (Wildman–Crippen MR) is 94.6 cm³/mol. The number of carbonyl (C=O) groups is 1. The molecule has 6 heteroatoms. The van der Waals surface area contributed by atoms with E-state index in [2.05, 4.69) is 10.6 Å². The molecule has 0 saturated carbocycles. The number of benzene rings is 2. The number of amides is 2. The number of ether oxygens (including phenoxy) is 1. The van der Waals surface area contributed by atoms with Crippen LogP contribution in [0.4, 0.5) is 10.5 Å². The topological polar surface area (TPSA) is 74.2 Å². The Morgan fingerprint density at radius 2 is 1.96 bits per heavy atom. The Bertz CT molecular complexity index is 761. The van der Waals surface area contributed by atoms with Crippen molar-refractivity contribution in [2.45, 2.75) is 13.8 Å². The molecule has 0 aliphatic carbocycles. The quantitative estimate of drug-likeness (QED) is 0.805. The third-order valence-electron chi connectivity index (χ3n) is 3.32. The second-order valence-electron chi connectivity index (χ2n) is 5.29. The molecule has 24 heavy (non-hydrogen) atoms. The van der Waals surface area contributed by atoms with Gasteiger partial charge in [0.05, 0.1) is 18.2 Å². The Hall–Kier alpha value is -2.71. The fourth-order valence-electron chi connectivity index (χ4n) is 2.16. The van der Waals surface area contributed by atoms with E-state index in [1.165, 1.54) is 0 Å². The number of carbonyl (C=O) groups excluding carboxylic acids is 1. The zero-order valence-electron chi connectivity index (χ0n) is 13.5. The second-order valence-corrected chi connectivity index (χ2v) is 5.67. The maximum absolute atomic E-state index is 11.8. The fraction of sp³-hybridized carbons (Fsp3) is 0.222. The van der Waals surface area contributed by atoms with E-state index in [0.717, 1.165) is 21.9 Å². The van der Waals surface area contributed by atoms with Crippen molar-refractivity contribution in [1.29, 1.82) is 5.26 Å². The smallest absolute Gasteiger partial charge is 0.319 e. The molecule has 0 fully saturated rings. The monoisotopic (exact) mass is 343 g/mol. The largest absolute Gasteiger partial charge is 0.492 e. The van der Waals surface area contributed by atoms with Crippen molar-refractivity contribution < 1.29 is 9.53 Å². The summed E-state index contributed by atoms with van der Waals surface area (Å²) in [6, 6.07) is 12.1. The zero-order chi connectivity index (χ0) is 17.5. The number of nitriles is 1. The van der Waals surface area contributed by atoms with Crippen LogP contribution in [0.3, 0.4) is 0 Å². The number of urea groups is 1. The molecule has 2 N–H and O–H groups in total. The number of hydrogen-bond acceptors (Lipinski definition) is 3. The van der Waals surface area contributed by atoms with Gasteiger partial charge in [0.25, 0.3) is 0 Å². The second kappa shape index (κ2) is 8.23. The van der Waals surface area contributed by atoms with Crippen LogP contribution in [0, 0.1) is 25.2 Å². The van der Waals surface area contributed by atoms with Gasteiger partial charge >= 0.3 is 6.03 Å². The number of nitrogens with one attached hydrogen (secondary N) is 2. The van der Waals surface area contributed by atoms with Gasteiger partial charge < -0.3 is 15.4 Å². The van der Waals surface area contributed by atoms with Gasteiger partial charge in [0.2, 0.25) is 0 Å². The minimum absolute atomic E-state index is 0.339.